The lowest BCUT2D eigenvalue weighted by Crippen LogP contribution is -2.30. The summed E-state index contributed by atoms with van der Waals surface area (Å²) in [5.74, 6) is 0.896. The van der Waals surface area contributed by atoms with E-state index >= 15 is 0 Å². The van der Waals surface area contributed by atoms with Gasteiger partial charge in [-0.3, -0.25) is 0 Å². The van der Waals surface area contributed by atoms with Gasteiger partial charge in [0.15, 0.2) is 5.69 Å². The fraction of sp³-hybridized carbons (Fsp3) is 0.412. The molecule has 0 spiro atoms. The summed E-state index contributed by atoms with van der Waals surface area (Å²) < 4.78 is 39.1. The molecule has 8 nitrogen and oxygen atoms in total. The number of ether oxygens (including phenoxy) is 1. The Hall–Kier alpha value is -2.88. The fourth-order valence-electron chi connectivity index (χ4n) is 3.15. The van der Waals surface area contributed by atoms with Gasteiger partial charge in [-0.15, -0.1) is 5.10 Å². The van der Waals surface area contributed by atoms with Crippen molar-refractivity contribution in [2.24, 2.45) is 0 Å². The Bertz CT molecular complexity index is 903. The second kappa shape index (κ2) is 7.39. The van der Waals surface area contributed by atoms with Crippen molar-refractivity contribution in [1.82, 2.24) is 30.5 Å². The molecule has 1 N–H and O–H groups in total. The Kier molecular flexibility index (Phi) is 4.80. The van der Waals surface area contributed by atoms with Crippen LogP contribution in [0.5, 0.6) is 5.75 Å². The molecule has 1 fully saturated rings. The zero-order valence-corrected chi connectivity index (χ0v) is 14.6. The summed E-state index contributed by atoms with van der Waals surface area (Å²) >= 11 is 0. The third-order valence-electron chi connectivity index (χ3n) is 4.57. The highest BCUT2D eigenvalue weighted by Gasteiger charge is 2.30. The molecule has 27 heavy (non-hydrogen) atoms. The number of benzene rings is 1. The molecule has 0 amide bonds. The number of hydrogen-bond acceptors (Lipinski definition) is 7. The van der Waals surface area contributed by atoms with Crippen LogP contribution in [0.15, 0.2) is 28.8 Å². The highest BCUT2D eigenvalue weighted by atomic mass is 19.3. The van der Waals surface area contributed by atoms with Gasteiger partial charge < -0.3 is 14.6 Å². The van der Waals surface area contributed by atoms with Crippen molar-refractivity contribution in [3.05, 3.63) is 30.0 Å². The predicted octanol–water partition coefficient (Wildman–Crippen LogP) is 2.87. The van der Waals surface area contributed by atoms with Crippen molar-refractivity contribution in [1.29, 1.82) is 0 Å². The van der Waals surface area contributed by atoms with Crippen LogP contribution >= 0.6 is 0 Å². The molecule has 1 aliphatic rings. The topological polar surface area (TPSA) is 90.9 Å². The van der Waals surface area contributed by atoms with Crippen molar-refractivity contribution in [3.63, 3.8) is 0 Å². The van der Waals surface area contributed by atoms with Gasteiger partial charge in [0.25, 0.3) is 12.3 Å². The number of halogens is 2. The van der Waals surface area contributed by atoms with Crippen molar-refractivity contribution in [2.45, 2.75) is 25.3 Å². The van der Waals surface area contributed by atoms with Gasteiger partial charge in [-0.05, 0) is 50.2 Å². The molecule has 0 unspecified atom stereocenters. The van der Waals surface area contributed by atoms with Crippen LogP contribution in [-0.2, 0) is 0 Å². The number of aromatic nitrogens is 5. The standard InChI is InChI=1S/C17H18F2N6O2/c1-26-12-4-2-10(3-5-12)16-21-17(27-23-16)13-14(15(18)19)25(24-22-13)11-6-8-20-9-7-11/h2-5,11,15,20H,6-9H2,1H3. The van der Waals surface area contributed by atoms with Crippen LogP contribution in [0.2, 0.25) is 0 Å². The van der Waals surface area contributed by atoms with E-state index < -0.39 is 6.43 Å². The van der Waals surface area contributed by atoms with E-state index in [-0.39, 0.29) is 29.1 Å². The number of nitrogens with one attached hydrogen (secondary N) is 1. The number of nitrogens with zero attached hydrogens (tertiary/aromatic N) is 5. The van der Waals surface area contributed by atoms with Crippen LogP contribution < -0.4 is 10.1 Å². The average Bonchev–Trinajstić information content (AvgIpc) is 3.36. The molecule has 142 valence electrons. The third kappa shape index (κ3) is 3.39. The van der Waals surface area contributed by atoms with E-state index in [1.54, 1.807) is 31.4 Å². The van der Waals surface area contributed by atoms with Gasteiger partial charge in [0.2, 0.25) is 5.82 Å². The highest BCUT2D eigenvalue weighted by Crippen LogP contribution is 2.33. The second-order valence-corrected chi connectivity index (χ2v) is 6.20. The molecule has 0 aliphatic carbocycles. The predicted molar refractivity (Wildman–Crippen MR) is 91.4 cm³/mol. The van der Waals surface area contributed by atoms with Crippen molar-refractivity contribution >= 4 is 0 Å². The lowest BCUT2D eigenvalue weighted by Gasteiger charge is -2.23. The summed E-state index contributed by atoms with van der Waals surface area (Å²) in [4.78, 5) is 4.23. The van der Waals surface area contributed by atoms with Gasteiger partial charge in [0.05, 0.1) is 13.2 Å². The lowest BCUT2D eigenvalue weighted by atomic mass is 10.1. The number of piperidine rings is 1. The van der Waals surface area contributed by atoms with Gasteiger partial charge >= 0.3 is 0 Å². The molecule has 0 atom stereocenters. The molecule has 4 rings (SSSR count). The Balaban J connectivity index is 1.67. The molecule has 0 bridgehead atoms. The molecule has 10 heteroatoms. The van der Waals surface area contributed by atoms with Gasteiger partial charge in [-0.2, -0.15) is 4.98 Å². The molecule has 3 heterocycles. The van der Waals surface area contributed by atoms with E-state index in [9.17, 15) is 8.78 Å². The molecular weight excluding hydrogens is 358 g/mol. The minimum atomic E-state index is -2.75. The van der Waals surface area contributed by atoms with Crippen LogP contribution in [-0.4, -0.2) is 45.3 Å². The van der Waals surface area contributed by atoms with Crippen LogP contribution in [0.1, 0.15) is 31.0 Å². The maximum absolute atomic E-state index is 13.8. The Morgan fingerprint density at radius 1 is 1.22 bits per heavy atom. The number of rotatable bonds is 5. The Morgan fingerprint density at radius 3 is 2.63 bits per heavy atom. The van der Waals surface area contributed by atoms with Crippen molar-refractivity contribution in [2.75, 3.05) is 20.2 Å². The molecule has 1 saturated heterocycles. The van der Waals surface area contributed by atoms with E-state index in [4.69, 9.17) is 9.26 Å². The Labute approximate surface area is 153 Å². The fourth-order valence-corrected chi connectivity index (χ4v) is 3.15. The Morgan fingerprint density at radius 2 is 1.96 bits per heavy atom. The van der Waals surface area contributed by atoms with Gasteiger partial charge in [-0.25, -0.2) is 13.5 Å². The largest absolute Gasteiger partial charge is 0.497 e. The average molecular weight is 376 g/mol. The highest BCUT2D eigenvalue weighted by molar-refractivity contribution is 5.59. The van der Waals surface area contributed by atoms with Crippen molar-refractivity contribution < 1.29 is 18.0 Å². The third-order valence-corrected chi connectivity index (χ3v) is 4.57. The monoisotopic (exact) mass is 376 g/mol. The van der Waals surface area contributed by atoms with Crippen LogP contribution in [0.3, 0.4) is 0 Å². The first-order chi connectivity index (χ1) is 13.2. The van der Waals surface area contributed by atoms with E-state index in [0.717, 1.165) is 13.1 Å². The summed E-state index contributed by atoms with van der Waals surface area (Å²) in [6.45, 7) is 1.51. The zero-order chi connectivity index (χ0) is 18.8. The number of methoxy groups -OCH3 is 1. The first-order valence-corrected chi connectivity index (χ1v) is 8.60. The molecule has 1 aromatic carbocycles. The van der Waals surface area contributed by atoms with Crippen LogP contribution in [0.4, 0.5) is 8.78 Å². The van der Waals surface area contributed by atoms with Gasteiger partial charge in [0, 0.05) is 5.56 Å². The zero-order valence-electron chi connectivity index (χ0n) is 14.6. The maximum Gasteiger partial charge on any atom is 0.282 e. The summed E-state index contributed by atoms with van der Waals surface area (Å²) in [7, 11) is 1.57. The van der Waals surface area contributed by atoms with Gasteiger partial charge in [-0.1, -0.05) is 10.4 Å². The van der Waals surface area contributed by atoms with E-state index in [1.165, 1.54) is 4.68 Å². The molecule has 0 saturated carbocycles. The molecule has 1 aliphatic heterocycles. The number of alkyl halides is 2. The molecule has 3 aromatic rings. The minimum absolute atomic E-state index is 0.0729. The quantitative estimate of drug-likeness (QED) is 0.732. The van der Waals surface area contributed by atoms with Crippen LogP contribution in [0.25, 0.3) is 23.0 Å². The SMILES string of the molecule is COc1ccc(-c2noc(-c3nnn(C4CCNCC4)c3C(F)F)n2)cc1. The number of hydrogen-bond donors (Lipinski definition) is 1. The van der Waals surface area contributed by atoms with Crippen molar-refractivity contribution in [3.8, 4) is 28.7 Å². The molecular formula is C17H18F2N6O2. The summed E-state index contributed by atoms with van der Waals surface area (Å²) in [6, 6.07) is 6.90. The summed E-state index contributed by atoms with van der Waals surface area (Å²) in [6.07, 6.45) is -1.33. The first-order valence-electron chi connectivity index (χ1n) is 8.60. The van der Waals surface area contributed by atoms with E-state index in [2.05, 4.69) is 25.8 Å². The smallest absolute Gasteiger partial charge is 0.282 e. The van der Waals surface area contributed by atoms with Crippen LogP contribution in [0, 0.1) is 0 Å². The lowest BCUT2D eigenvalue weighted by molar-refractivity contribution is 0.133. The summed E-state index contributed by atoms with van der Waals surface area (Å²) in [5, 5.41) is 15.0. The second-order valence-electron chi connectivity index (χ2n) is 6.20. The van der Waals surface area contributed by atoms with E-state index in [0.29, 0.717) is 24.2 Å². The van der Waals surface area contributed by atoms with Gasteiger partial charge in [0.1, 0.15) is 11.4 Å². The summed E-state index contributed by atoms with van der Waals surface area (Å²) in [5.41, 5.74) is 0.317. The molecule has 2 aromatic heterocycles. The first kappa shape index (κ1) is 17.5. The normalized spacial score (nSPS) is 15.4. The minimum Gasteiger partial charge on any atom is -0.497 e. The van der Waals surface area contributed by atoms with E-state index in [1.807, 2.05) is 0 Å². The molecule has 0 radical (unpaired) electrons. The maximum atomic E-state index is 13.8.